The number of carbonyl (C=O) groups is 1. The van der Waals surface area contributed by atoms with Crippen molar-refractivity contribution < 1.29 is 14.3 Å². The van der Waals surface area contributed by atoms with E-state index in [1.54, 1.807) is 6.92 Å². The van der Waals surface area contributed by atoms with Crippen LogP contribution in [-0.4, -0.2) is 30.6 Å². The number of amidine groups is 1. The predicted molar refractivity (Wildman–Crippen MR) is 93.8 cm³/mol. The van der Waals surface area contributed by atoms with Crippen LogP contribution in [0, 0.1) is 0 Å². The number of rotatable bonds is 5. The molecule has 1 aromatic rings. The molecule has 0 saturated carbocycles. The van der Waals surface area contributed by atoms with Gasteiger partial charge >= 0.3 is 5.97 Å². The van der Waals surface area contributed by atoms with E-state index in [-0.39, 0.29) is 5.97 Å². The molecule has 0 amide bonds. The fourth-order valence-corrected chi connectivity index (χ4v) is 2.91. The van der Waals surface area contributed by atoms with Crippen LogP contribution < -0.4 is 10.1 Å². The van der Waals surface area contributed by atoms with Gasteiger partial charge in [-0.05, 0) is 33.1 Å². The van der Waals surface area contributed by atoms with Gasteiger partial charge in [-0.1, -0.05) is 30.0 Å². The lowest BCUT2D eigenvalue weighted by Crippen LogP contribution is -2.30. The van der Waals surface area contributed by atoms with Crippen molar-refractivity contribution in [2.24, 2.45) is 4.99 Å². The van der Waals surface area contributed by atoms with Crippen molar-refractivity contribution in [3.8, 4) is 5.75 Å². The average Bonchev–Trinajstić information content (AvgIpc) is 2.55. The molecule has 0 radical (unpaired) electrons. The number of benzene rings is 1. The van der Waals surface area contributed by atoms with Gasteiger partial charge in [0.2, 0.25) is 0 Å². The molecule has 1 unspecified atom stereocenters. The number of hydrogen-bond donors (Lipinski definition) is 1. The SMILES string of the molecule is CCOC(=O)C1=C(C)NC(SC)=NC1c1ccccc1OCC. The van der Waals surface area contributed by atoms with E-state index in [2.05, 4.69) is 10.3 Å². The number of nitrogens with zero attached hydrogens (tertiary/aromatic N) is 1. The molecule has 0 aromatic heterocycles. The van der Waals surface area contributed by atoms with Gasteiger partial charge in [0.25, 0.3) is 0 Å². The van der Waals surface area contributed by atoms with Gasteiger partial charge in [-0.25, -0.2) is 9.79 Å². The summed E-state index contributed by atoms with van der Waals surface area (Å²) in [4.78, 5) is 17.1. The molecular weight excluding hydrogens is 312 g/mol. The number of para-hydroxylation sites is 1. The molecule has 0 bridgehead atoms. The summed E-state index contributed by atoms with van der Waals surface area (Å²) in [5.41, 5.74) is 2.15. The molecule has 0 fully saturated rings. The topological polar surface area (TPSA) is 59.9 Å². The molecule has 5 nitrogen and oxygen atoms in total. The summed E-state index contributed by atoms with van der Waals surface area (Å²) in [6, 6.07) is 7.24. The lowest BCUT2D eigenvalue weighted by Gasteiger charge is -2.26. The second-order valence-corrected chi connectivity index (χ2v) is 5.69. The van der Waals surface area contributed by atoms with Crippen LogP contribution in [0.1, 0.15) is 32.4 Å². The fourth-order valence-electron chi connectivity index (χ4n) is 2.44. The Morgan fingerprint density at radius 1 is 1.30 bits per heavy atom. The highest BCUT2D eigenvalue weighted by molar-refractivity contribution is 8.13. The van der Waals surface area contributed by atoms with Crippen LogP contribution in [0.3, 0.4) is 0 Å². The minimum absolute atomic E-state index is 0.328. The lowest BCUT2D eigenvalue weighted by atomic mass is 9.96. The number of esters is 1. The van der Waals surface area contributed by atoms with E-state index in [1.807, 2.05) is 44.4 Å². The molecule has 1 aromatic carbocycles. The second kappa shape index (κ2) is 8.06. The number of aliphatic imine (C=N–C) groups is 1. The Morgan fingerprint density at radius 3 is 2.70 bits per heavy atom. The summed E-state index contributed by atoms with van der Waals surface area (Å²) in [6.07, 6.45) is 1.94. The van der Waals surface area contributed by atoms with Gasteiger partial charge in [0.05, 0.1) is 18.8 Å². The maximum atomic E-state index is 12.4. The van der Waals surface area contributed by atoms with Gasteiger partial charge in [-0.15, -0.1) is 0 Å². The maximum absolute atomic E-state index is 12.4. The molecule has 1 heterocycles. The van der Waals surface area contributed by atoms with E-state index in [9.17, 15) is 4.79 Å². The second-order valence-electron chi connectivity index (χ2n) is 4.90. The van der Waals surface area contributed by atoms with Crippen LogP contribution in [0.4, 0.5) is 0 Å². The fraction of sp³-hybridized carbons (Fsp3) is 0.412. The molecule has 0 saturated heterocycles. The number of thioether (sulfide) groups is 1. The van der Waals surface area contributed by atoms with E-state index in [0.717, 1.165) is 22.2 Å². The molecule has 1 aliphatic rings. The molecule has 0 spiro atoms. The third-order valence-electron chi connectivity index (χ3n) is 3.42. The molecular formula is C17H22N2O3S. The number of nitrogens with one attached hydrogen (secondary N) is 1. The Hall–Kier alpha value is -1.95. The van der Waals surface area contributed by atoms with Crippen LogP contribution in [0.15, 0.2) is 40.5 Å². The van der Waals surface area contributed by atoms with Crippen molar-refractivity contribution in [2.75, 3.05) is 19.5 Å². The number of carbonyl (C=O) groups excluding carboxylic acids is 1. The van der Waals surface area contributed by atoms with Crippen LogP contribution in [0.25, 0.3) is 0 Å². The Bertz CT molecular complexity index is 640. The molecule has 2 rings (SSSR count). The van der Waals surface area contributed by atoms with Gasteiger partial charge < -0.3 is 14.8 Å². The standard InChI is InChI=1S/C17H22N2O3S/c1-5-21-13-10-8-7-9-12(13)15-14(16(20)22-6-2)11(3)18-17(19-15)23-4/h7-10,15H,5-6H2,1-4H3,(H,18,19). The first kappa shape index (κ1) is 17.4. The minimum atomic E-state index is -0.430. The Morgan fingerprint density at radius 2 is 2.04 bits per heavy atom. The quantitative estimate of drug-likeness (QED) is 0.837. The maximum Gasteiger partial charge on any atom is 0.338 e. The Labute approximate surface area is 141 Å². The zero-order valence-electron chi connectivity index (χ0n) is 13.9. The zero-order chi connectivity index (χ0) is 16.8. The summed E-state index contributed by atoms with van der Waals surface area (Å²) >= 11 is 1.51. The molecule has 1 aliphatic heterocycles. The van der Waals surface area contributed by atoms with Crippen molar-refractivity contribution in [3.05, 3.63) is 41.1 Å². The van der Waals surface area contributed by atoms with Crippen molar-refractivity contribution in [1.29, 1.82) is 0 Å². The molecule has 124 valence electrons. The molecule has 1 N–H and O–H groups in total. The van der Waals surface area contributed by atoms with E-state index >= 15 is 0 Å². The van der Waals surface area contributed by atoms with Crippen molar-refractivity contribution in [1.82, 2.24) is 5.32 Å². The Kier molecular flexibility index (Phi) is 6.10. The average molecular weight is 334 g/mol. The normalized spacial score (nSPS) is 17.4. The predicted octanol–water partition coefficient (Wildman–Crippen LogP) is 3.29. The van der Waals surface area contributed by atoms with E-state index < -0.39 is 6.04 Å². The highest BCUT2D eigenvalue weighted by Gasteiger charge is 2.31. The first-order valence-electron chi connectivity index (χ1n) is 7.60. The van der Waals surface area contributed by atoms with Crippen LogP contribution in [0.5, 0.6) is 5.75 Å². The van der Waals surface area contributed by atoms with E-state index in [0.29, 0.717) is 18.8 Å². The zero-order valence-corrected chi connectivity index (χ0v) is 14.7. The van der Waals surface area contributed by atoms with Crippen LogP contribution in [0.2, 0.25) is 0 Å². The van der Waals surface area contributed by atoms with Crippen molar-refractivity contribution in [2.45, 2.75) is 26.8 Å². The molecule has 0 aliphatic carbocycles. The molecule has 1 atom stereocenters. The number of allylic oxidation sites excluding steroid dienone is 1. The minimum Gasteiger partial charge on any atom is -0.494 e. The molecule has 23 heavy (non-hydrogen) atoms. The van der Waals surface area contributed by atoms with Gasteiger partial charge in [-0.3, -0.25) is 0 Å². The number of ether oxygens (including phenoxy) is 2. The smallest absolute Gasteiger partial charge is 0.338 e. The van der Waals surface area contributed by atoms with Crippen molar-refractivity contribution >= 4 is 22.9 Å². The van der Waals surface area contributed by atoms with Gasteiger partial charge in [-0.2, -0.15) is 0 Å². The van der Waals surface area contributed by atoms with Crippen LogP contribution in [-0.2, 0) is 9.53 Å². The van der Waals surface area contributed by atoms with Crippen molar-refractivity contribution in [3.63, 3.8) is 0 Å². The van der Waals surface area contributed by atoms with Gasteiger partial charge in [0.15, 0.2) is 5.17 Å². The monoisotopic (exact) mass is 334 g/mol. The van der Waals surface area contributed by atoms with Gasteiger partial charge in [0.1, 0.15) is 11.8 Å². The first-order chi connectivity index (χ1) is 11.1. The van der Waals surface area contributed by atoms with E-state index in [1.165, 1.54) is 11.8 Å². The third-order valence-corrected chi connectivity index (χ3v) is 4.01. The Balaban J connectivity index is 2.51. The largest absolute Gasteiger partial charge is 0.494 e. The van der Waals surface area contributed by atoms with Gasteiger partial charge in [0, 0.05) is 11.3 Å². The van der Waals surface area contributed by atoms with E-state index in [4.69, 9.17) is 9.47 Å². The first-order valence-corrected chi connectivity index (χ1v) is 8.83. The lowest BCUT2D eigenvalue weighted by molar-refractivity contribution is -0.138. The molecule has 6 heteroatoms. The summed E-state index contributed by atoms with van der Waals surface area (Å²) in [7, 11) is 0. The summed E-state index contributed by atoms with van der Waals surface area (Å²) in [5, 5.41) is 3.93. The highest BCUT2D eigenvalue weighted by Crippen LogP contribution is 2.37. The number of hydrogen-bond acceptors (Lipinski definition) is 6. The highest BCUT2D eigenvalue weighted by atomic mass is 32.2. The summed E-state index contributed by atoms with van der Waals surface area (Å²) in [6.45, 7) is 6.48. The van der Waals surface area contributed by atoms with Crippen LogP contribution >= 0.6 is 11.8 Å². The summed E-state index contributed by atoms with van der Waals surface area (Å²) in [5.74, 6) is 0.387. The third kappa shape index (κ3) is 3.88. The summed E-state index contributed by atoms with van der Waals surface area (Å²) < 4.78 is 10.9.